The molecular formula is C18H24Cl2N2. The van der Waals surface area contributed by atoms with E-state index in [9.17, 15) is 0 Å². The first-order valence-electron chi connectivity index (χ1n) is 7.37. The molecule has 2 nitrogen and oxygen atoms in total. The van der Waals surface area contributed by atoms with Crippen LogP contribution in [0.4, 0.5) is 0 Å². The molecule has 0 bridgehead atoms. The summed E-state index contributed by atoms with van der Waals surface area (Å²) in [4.78, 5) is 2.51. The Balaban J connectivity index is 0.00000121. The molecule has 120 valence electrons. The van der Waals surface area contributed by atoms with Gasteiger partial charge in [0.25, 0.3) is 0 Å². The third-order valence-electron chi connectivity index (χ3n) is 4.26. The van der Waals surface area contributed by atoms with Crippen molar-refractivity contribution < 1.29 is 0 Å². The summed E-state index contributed by atoms with van der Waals surface area (Å²) in [6.07, 6.45) is 2.09. The maximum Gasteiger partial charge on any atom is 0.0536 e. The minimum absolute atomic E-state index is 0. The molecule has 0 radical (unpaired) electrons. The van der Waals surface area contributed by atoms with Gasteiger partial charge in [0.1, 0.15) is 0 Å². The first-order chi connectivity index (χ1) is 9.81. The van der Waals surface area contributed by atoms with Crippen molar-refractivity contribution in [2.24, 2.45) is 0 Å². The zero-order valence-electron chi connectivity index (χ0n) is 12.9. The molecule has 1 N–H and O–H groups in total. The van der Waals surface area contributed by atoms with E-state index >= 15 is 0 Å². The number of rotatable bonds is 3. The van der Waals surface area contributed by atoms with Gasteiger partial charge in [0, 0.05) is 26.2 Å². The SMILES string of the molecule is C=C[C@H](c1ccc(C)c2ccccc12)N1CCNCC1.Cl.Cl. The van der Waals surface area contributed by atoms with Crippen LogP contribution in [0.3, 0.4) is 0 Å². The summed E-state index contributed by atoms with van der Waals surface area (Å²) < 4.78 is 0. The molecule has 1 fully saturated rings. The summed E-state index contributed by atoms with van der Waals surface area (Å²) in [7, 11) is 0. The highest BCUT2D eigenvalue weighted by Gasteiger charge is 2.21. The molecule has 22 heavy (non-hydrogen) atoms. The highest BCUT2D eigenvalue weighted by atomic mass is 35.5. The van der Waals surface area contributed by atoms with Crippen LogP contribution in [0.15, 0.2) is 49.1 Å². The molecule has 0 saturated carbocycles. The van der Waals surface area contributed by atoms with Crippen molar-refractivity contribution in [1.29, 1.82) is 0 Å². The second-order valence-corrected chi connectivity index (χ2v) is 5.48. The van der Waals surface area contributed by atoms with Crippen molar-refractivity contribution in [3.63, 3.8) is 0 Å². The van der Waals surface area contributed by atoms with Crippen LogP contribution in [0.5, 0.6) is 0 Å². The van der Waals surface area contributed by atoms with Gasteiger partial charge in [-0.1, -0.05) is 42.5 Å². The molecule has 4 heteroatoms. The van der Waals surface area contributed by atoms with Crippen molar-refractivity contribution in [2.75, 3.05) is 26.2 Å². The minimum atomic E-state index is 0. The largest absolute Gasteiger partial charge is 0.314 e. The normalized spacial score (nSPS) is 16.4. The lowest BCUT2D eigenvalue weighted by atomic mass is 9.94. The highest BCUT2D eigenvalue weighted by Crippen LogP contribution is 2.31. The molecule has 1 aliphatic rings. The van der Waals surface area contributed by atoms with Crippen molar-refractivity contribution >= 4 is 35.6 Å². The summed E-state index contributed by atoms with van der Waals surface area (Å²) in [6, 6.07) is 13.5. The molecule has 1 atom stereocenters. The van der Waals surface area contributed by atoms with Gasteiger partial charge in [-0.15, -0.1) is 31.4 Å². The third kappa shape index (κ3) is 3.64. The van der Waals surface area contributed by atoms with E-state index in [2.05, 4.69) is 66.2 Å². The van der Waals surface area contributed by atoms with Crippen LogP contribution in [0.1, 0.15) is 17.2 Å². The van der Waals surface area contributed by atoms with Crippen molar-refractivity contribution in [3.05, 3.63) is 60.2 Å². The fourth-order valence-corrected chi connectivity index (χ4v) is 3.16. The van der Waals surface area contributed by atoms with Crippen LogP contribution in [0, 0.1) is 6.92 Å². The lowest BCUT2D eigenvalue weighted by Crippen LogP contribution is -2.44. The van der Waals surface area contributed by atoms with Crippen molar-refractivity contribution in [1.82, 2.24) is 10.2 Å². The van der Waals surface area contributed by atoms with Crippen LogP contribution in [0.25, 0.3) is 10.8 Å². The van der Waals surface area contributed by atoms with Crippen LogP contribution < -0.4 is 5.32 Å². The summed E-state index contributed by atoms with van der Waals surface area (Å²) in [6.45, 7) is 10.6. The Morgan fingerprint density at radius 1 is 1.05 bits per heavy atom. The Labute approximate surface area is 145 Å². The highest BCUT2D eigenvalue weighted by molar-refractivity contribution is 5.89. The number of nitrogens with one attached hydrogen (secondary N) is 1. The van der Waals surface area contributed by atoms with E-state index in [1.807, 2.05) is 0 Å². The average molecular weight is 339 g/mol. The maximum atomic E-state index is 4.08. The number of hydrogen-bond acceptors (Lipinski definition) is 2. The van der Waals surface area contributed by atoms with Gasteiger partial charge in [-0.2, -0.15) is 0 Å². The Hall–Kier alpha value is -1.06. The van der Waals surface area contributed by atoms with Crippen molar-refractivity contribution in [3.8, 4) is 0 Å². The van der Waals surface area contributed by atoms with Crippen LogP contribution in [-0.4, -0.2) is 31.1 Å². The van der Waals surface area contributed by atoms with E-state index in [0.717, 1.165) is 26.2 Å². The summed E-state index contributed by atoms with van der Waals surface area (Å²) in [5, 5.41) is 6.13. The van der Waals surface area contributed by atoms with Crippen LogP contribution in [-0.2, 0) is 0 Å². The predicted molar refractivity (Wildman–Crippen MR) is 101 cm³/mol. The second-order valence-electron chi connectivity index (χ2n) is 5.48. The van der Waals surface area contributed by atoms with Gasteiger partial charge < -0.3 is 5.32 Å². The zero-order valence-corrected chi connectivity index (χ0v) is 14.6. The topological polar surface area (TPSA) is 15.3 Å². The number of fused-ring (bicyclic) bond motifs is 1. The van der Waals surface area contributed by atoms with Gasteiger partial charge >= 0.3 is 0 Å². The molecule has 0 unspecified atom stereocenters. The lowest BCUT2D eigenvalue weighted by molar-refractivity contribution is 0.204. The molecule has 2 aromatic rings. The van der Waals surface area contributed by atoms with Crippen LogP contribution in [0.2, 0.25) is 0 Å². The smallest absolute Gasteiger partial charge is 0.0536 e. The predicted octanol–water partition coefficient (Wildman–Crippen LogP) is 4.12. The number of nitrogens with zero attached hydrogens (tertiary/aromatic N) is 1. The maximum absolute atomic E-state index is 4.08. The summed E-state index contributed by atoms with van der Waals surface area (Å²) >= 11 is 0. The molecule has 1 aliphatic heterocycles. The van der Waals surface area contributed by atoms with Gasteiger partial charge in [0.15, 0.2) is 0 Å². The molecule has 0 amide bonds. The summed E-state index contributed by atoms with van der Waals surface area (Å²) in [5.74, 6) is 0. The molecular weight excluding hydrogens is 315 g/mol. The number of piperazine rings is 1. The Bertz CT molecular complexity index is 622. The van der Waals surface area contributed by atoms with E-state index in [-0.39, 0.29) is 24.8 Å². The first kappa shape index (κ1) is 19.0. The van der Waals surface area contributed by atoms with E-state index in [1.165, 1.54) is 21.9 Å². The van der Waals surface area contributed by atoms with Gasteiger partial charge in [-0.25, -0.2) is 0 Å². The van der Waals surface area contributed by atoms with Crippen molar-refractivity contribution in [2.45, 2.75) is 13.0 Å². The molecule has 0 aliphatic carbocycles. The third-order valence-corrected chi connectivity index (χ3v) is 4.26. The Kier molecular flexibility index (Phi) is 7.37. The van der Waals surface area contributed by atoms with Gasteiger partial charge in [-0.3, -0.25) is 4.90 Å². The Morgan fingerprint density at radius 2 is 1.68 bits per heavy atom. The van der Waals surface area contributed by atoms with E-state index in [1.54, 1.807) is 0 Å². The standard InChI is InChI=1S/C18H22N2.2ClH/c1-3-18(20-12-10-19-11-13-20)17-9-8-14(2)15-6-4-5-7-16(15)17;;/h3-9,18-19H,1,10-13H2,2H3;2*1H/t18-;;/m1../s1. The zero-order chi connectivity index (χ0) is 13.9. The van der Waals surface area contributed by atoms with E-state index in [4.69, 9.17) is 0 Å². The molecule has 1 heterocycles. The fourth-order valence-electron chi connectivity index (χ4n) is 3.16. The minimum Gasteiger partial charge on any atom is -0.314 e. The average Bonchev–Trinajstić information content (AvgIpc) is 2.52. The number of aryl methyl sites for hydroxylation is 1. The van der Waals surface area contributed by atoms with Crippen LogP contribution >= 0.6 is 24.8 Å². The number of benzene rings is 2. The quantitative estimate of drug-likeness (QED) is 0.846. The Morgan fingerprint density at radius 3 is 2.32 bits per heavy atom. The number of halogens is 2. The molecule has 1 saturated heterocycles. The monoisotopic (exact) mass is 338 g/mol. The molecule has 0 spiro atoms. The number of hydrogen-bond donors (Lipinski definition) is 1. The summed E-state index contributed by atoms with van der Waals surface area (Å²) in [5.41, 5.74) is 2.72. The molecule has 2 aromatic carbocycles. The second kappa shape index (κ2) is 8.54. The fraction of sp³-hybridized carbons (Fsp3) is 0.333. The first-order valence-corrected chi connectivity index (χ1v) is 7.37. The lowest BCUT2D eigenvalue weighted by Gasteiger charge is -2.34. The van der Waals surface area contributed by atoms with Gasteiger partial charge in [-0.05, 0) is 28.8 Å². The van der Waals surface area contributed by atoms with E-state index in [0.29, 0.717) is 6.04 Å². The van der Waals surface area contributed by atoms with E-state index < -0.39 is 0 Å². The molecule has 0 aromatic heterocycles. The van der Waals surface area contributed by atoms with Gasteiger partial charge in [0.05, 0.1) is 6.04 Å². The van der Waals surface area contributed by atoms with Gasteiger partial charge in [0.2, 0.25) is 0 Å². The molecule has 3 rings (SSSR count).